The van der Waals surface area contributed by atoms with Crippen molar-refractivity contribution in [3.8, 4) is 11.5 Å². The predicted molar refractivity (Wildman–Crippen MR) is 83.2 cm³/mol. The van der Waals surface area contributed by atoms with Crippen LogP contribution in [0.25, 0.3) is 10.9 Å². The number of hydrogen-bond acceptors (Lipinski definition) is 5. The average Bonchev–Trinajstić information content (AvgIpc) is 2.45. The van der Waals surface area contributed by atoms with E-state index in [0.29, 0.717) is 12.1 Å². The Morgan fingerprint density at radius 2 is 2.14 bits per heavy atom. The molecular weight excluding hydrogens is 316 g/mol. The standard InChI is InChI=1S/C13H13ClN2O4S/c1-3-16-5-6(13(20)15-21-2)11(18)9-7(16)4-8(17)12(19)10(9)14/h4-5,17,19H,3H2,1-2H3,(H,15,20). The Kier molecular flexibility index (Phi) is 4.34. The van der Waals surface area contributed by atoms with Crippen LogP contribution in [0.15, 0.2) is 17.1 Å². The zero-order valence-electron chi connectivity index (χ0n) is 11.3. The Balaban J connectivity index is 2.92. The van der Waals surface area contributed by atoms with Gasteiger partial charge in [-0.25, -0.2) is 0 Å². The molecule has 0 unspecified atom stereocenters. The number of benzene rings is 1. The first-order valence-corrected chi connectivity index (χ1v) is 7.63. The summed E-state index contributed by atoms with van der Waals surface area (Å²) in [6, 6.07) is 1.25. The molecule has 0 atom stereocenters. The van der Waals surface area contributed by atoms with Crippen LogP contribution in [-0.4, -0.2) is 26.9 Å². The molecule has 8 heteroatoms. The first kappa shape index (κ1) is 15.5. The fourth-order valence-electron chi connectivity index (χ4n) is 2.05. The Bertz CT molecular complexity index is 788. The van der Waals surface area contributed by atoms with Crippen LogP contribution < -0.4 is 10.2 Å². The molecule has 1 aromatic heterocycles. The van der Waals surface area contributed by atoms with Crippen molar-refractivity contribution in [3.05, 3.63) is 33.1 Å². The minimum absolute atomic E-state index is 0.00238. The largest absolute Gasteiger partial charge is 0.504 e. The highest BCUT2D eigenvalue weighted by molar-refractivity contribution is 7.97. The van der Waals surface area contributed by atoms with Crippen LogP contribution in [0.5, 0.6) is 11.5 Å². The van der Waals surface area contributed by atoms with E-state index in [-0.39, 0.29) is 16.0 Å². The van der Waals surface area contributed by atoms with Gasteiger partial charge in [0, 0.05) is 25.1 Å². The summed E-state index contributed by atoms with van der Waals surface area (Å²) in [5.41, 5.74) is -0.323. The lowest BCUT2D eigenvalue weighted by molar-refractivity contribution is 0.0983. The molecule has 0 aliphatic rings. The number of aromatic nitrogens is 1. The quantitative estimate of drug-likeness (QED) is 0.593. The Labute approximate surface area is 129 Å². The number of carbonyl (C=O) groups excluding carboxylic acids is 1. The van der Waals surface area contributed by atoms with Crippen molar-refractivity contribution < 1.29 is 15.0 Å². The van der Waals surface area contributed by atoms with E-state index >= 15 is 0 Å². The molecule has 2 rings (SSSR count). The smallest absolute Gasteiger partial charge is 0.266 e. The highest BCUT2D eigenvalue weighted by atomic mass is 35.5. The summed E-state index contributed by atoms with van der Waals surface area (Å²) < 4.78 is 4.08. The summed E-state index contributed by atoms with van der Waals surface area (Å²) in [7, 11) is 0. The predicted octanol–water partition coefficient (Wildman–Crippen LogP) is 2.09. The molecule has 0 aliphatic heterocycles. The van der Waals surface area contributed by atoms with Crippen molar-refractivity contribution >= 4 is 40.4 Å². The number of hydrogen-bond donors (Lipinski definition) is 3. The van der Waals surface area contributed by atoms with E-state index in [9.17, 15) is 19.8 Å². The molecule has 0 radical (unpaired) electrons. The zero-order chi connectivity index (χ0) is 15.7. The van der Waals surface area contributed by atoms with Crippen molar-refractivity contribution in [2.45, 2.75) is 13.5 Å². The molecule has 2 aromatic rings. The van der Waals surface area contributed by atoms with Gasteiger partial charge in [-0.15, -0.1) is 0 Å². The van der Waals surface area contributed by atoms with Crippen molar-refractivity contribution in [2.75, 3.05) is 6.26 Å². The first-order valence-electron chi connectivity index (χ1n) is 6.03. The van der Waals surface area contributed by atoms with E-state index in [1.165, 1.54) is 12.3 Å². The number of nitrogens with one attached hydrogen (secondary N) is 1. The summed E-state index contributed by atoms with van der Waals surface area (Å²) in [6.45, 7) is 2.27. The van der Waals surface area contributed by atoms with Gasteiger partial charge < -0.3 is 14.8 Å². The number of aryl methyl sites for hydroxylation is 1. The van der Waals surface area contributed by atoms with Crippen LogP contribution in [0.3, 0.4) is 0 Å². The lowest BCUT2D eigenvalue weighted by Crippen LogP contribution is -2.25. The van der Waals surface area contributed by atoms with Crippen molar-refractivity contribution in [3.63, 3.8) is 0 Å². The molecule has 21 heavy (non-hydrogen) atoms. The molecule has 0 aliphatic carbocycles. The molecule has 6 nitrogen and oxygen atoms in total. The third-order valence-electron chi connectivity index (χ3n) is 3.05. The average molecular weight is 329 g/mol. The van der Waals surface area contributed by atoms with Crippen LogP contribution in [0.4, 0.5) is 0 Å². The van der Waals surface area contributed by atoms with Gasteiger partial charge in [-0.05, 0) is 6.92 Å². The van der Waals surface area contributed by atoms with E-state index in [0.717, 1.165) is 11.9 Å². The maximum atomic E-state index is 12.4. The van der Waals surface area contributed by atoms with Crippen molar-refractivity contribution in [2.24, 2.45) is 0 Å². The molecule has 1 amide bonds. The van der Waals surface area contributed by atoms with Gasteiger partial charge in [-0.3, -0.25) is 14.3 Å². The molecule has 0 saturated heterocycles. The van der Waals surface area contributed by atoms with Crippen molar-refractivity contribution in [1.29, 1.82) is 0 Å². The lowest BCUT2D eigenvalue weighted by atomic mass is 10.1. The Morgan fingerprint density at radius 3 is 2.71 bits per heavy atom. The molecule has 1 aromatic carbocycles. The van der Waals surface area contributed by atoms with Gasteiger partial charge >= 0.3 is 0 Å². The highest BCUT2D eigenvalue weighted by Gasteiger charge is 2.20. The fraction of sp³-hybridized carbons (Fsp3) is 0.231. The minimum atomic E-state index is -0.596. The Hall–Kier alpha value is -1.86. The number of pyridine rings is 1. The van der Waals surface area contributed by atoms with E-state index in [2.05, 4.69) is 4.72 Å². The molecule has 3 N–H and O–H groups in total. The van der Waals surface area contributed by atoms with Gasteiger partial charge in [-0.1, -0.05) is 23.5 Å². The maximum Gasteiger partial charge on any atom is 0.266 e. The van der Waals surface area contributed by atoms with Gasteiger partial charge in [-0.2, -0.15) is 0 Å². The van der Waals surface area contributed by atoms with Crippen LogP contribution in [0.2, 0.25) is 5.02 Å². The lowest BCUT2D eigenvalue weighted by Gasteiger charge is -2.13. The molecule has 0 fully saturated rings. The molecule has 0 saturated carbocycles. The Morgan fingerprint density at radius 1 is 1.48 bits per heavy atom. The third kappa shape index (κ3) is 2.54. The topological polar surface area (TPSA) is 91.6 Å². The first-order chi connectivity index (χ1) is 9.92. The summed E-state index contributed by atoms with van der Waals surface area (Å²) in [4.78, 5) is 24.4. The number of aromatic hydroxyl groups is 2. The second-order valence-corrected chi connectivity index (χ2v) is 5.24. The molecule has 112 valence electrons. The molecular formula is C13H13ClN2O4S. The maximum absolute atomic E-state index is 12.4. The van der Waals surface area contributed by atoms with Gasteiger partial charge in [0.05, 0.1) is 15.9 Å². The summed E-state index contributed by atoms with van der Waals surface area (Å²) in [5, 5.41) is 19.1. The van der Waals surface area contributed by atoms with Gasteiger partial charge in [0.1, 0.15) is 5.56 Å². The van der Waals surface area contributed by atoms with Crippen LogP contribution in [0, 0.1) is 0 Å². The monoisotopic (exact) mass is 328 g/mol. The summed E-state index contributed by atoms with van der Waals surface area (Å²) in [5.74, 6) is -1.54. The minimum Gasteiger partial charge on any atom is -0.504 e. The fourth-order valence-corrected chi connectivity index (χ4v) is 2.62. The van der Waals surface area contributed by atoms with E-state index in [1.807, 2.05) is 6.92 Å². The number of amides is 1. The number of nitrogens with zero attached hydrogens (tertiary/aromatic N) is 1. The molecule has 0 bridgehead atoms. The van der Waals surface area contributed by atoms with E-state index < -0.39 is 22.8 Å². The second kappa shape index (κ2) is 5.87. The van der Waals surface area contributed by atoms with Gasteiger partial charge in [0.2, 0.25) is 5.43 Å². The number of phenolic OH excluding ortho intramolecular Hbond substituents is 2. The van der Waals surface area contributed by atoms with Crippen LogP contribution in [0.1, 0.15) is 17.3 Å². The van der Waals surface area contributed by atoms with E-state index in [1.54, 1.807) is 10.8 Å². The summed E-state index contributed by atoms with van der Waals surface area (Å²) >= 11 is 7.03. The highest BCUT2D eigenvalue weighted by Crippen LogP contribution is 2.38. The number of fused-ring (bicyclic) bond motifs is 1. The summed E-state index contributed by atoms with van der Waals surface area (Å²) in [6.07, 6.45) is 3.07. The van der Waals surface area contributed by atoms with Crippen LogP contribution >= 0.6 is 23.5 Å². The number of carbonyl (C=O) groups is 1. The molecule has 1 heterocycles. The normalized spacial score (nSPS) is 10.8. The third-order valence-corrected chi connectivity index (χ3v) is 3.80. The second-order valence-electron chi connectivity index (χ2n) is 4.25. The number of halogens is 1. The van der Waals surface area contributed by atoms with Crippen molar-refractivity contribution in [1.82, 2.24) is 9.29 Å². The number of phenols is 2. The van der Waals surface area contributed by atoms with Gasteiger partial charge in [0.25, 0.3) is 5.91 Å². The van der Waals surface area contributed by atoms with E-state index in [4.69, 9.17) is 11.6 Å². The molecule has 0 spiro atoms. The zero-order valence-corrected chi connectivity index (χ0v) is 12.9. The van der Waals surface area contributed by atoms with Crippen LogP contribution in [-0.2, 0) is 6.54 Å². The SMILES string of the molecule is CCn1cc(C(=O)NSC)c(=O)c2c(Cl)c(O)c(O)cc21. The van der Waals surface area contributed by atoms with Gasteiger partial charge in [0.15, 0.2) is 11.5 Å². The number of rotatable bonds is 3.